The second-order valence-corrected chi connectivity index (χ2v) is 6.01. The minimum Gasteiger partial charge on any atom is -0.308 e. The molecule has 0 saturated carbocycles. The number of tetrazole rings is 1. The van der Waals surface area contributed by atoms with Gasteiger partial charge in [0.15, 0.2) is 5.82 Å². The lowest BCUT2D eigenvalue weighted by atomic mass is 10.2. The molecule has 2 aromatic rings. The zero-order chi connectivity index (χ0) is 14.0. The van der Waals surface area contributed by atoms with Gasteiger partial charge in [0.05, 0.1) is 11.7 Å². The van der Waals surface area contributed by atoms with Crippen LogP contribution >= 0.6 is 31.9 Å². The summed E-state index contributed by atoms with van der Waals surface area (Å²) in [6.07, 6.45) is 0. The first-order chi connectivity index (χ1) is 9.04. The van der Waals surface area contributed by atoms with Crippen molar-refractivity contribution in [3.05, 3.63) is 32.5 Å². The number of hydrogen-bond donors (Lipinski definition) is 1. The maximum atomic E-state index is 4.11. The monoisotopic (exact) mass is 387 g/mol. The summed E-state index contributed by atoms with van der Waals surface area (Å²) in [7, 11) is 0. The highest BCUT2D eigenvalue weighted by Crippen LogP contribution is 2.31. The van der Waals surface area contributed by atoms with Crippen LogP contribution < -0.4 is 5.32 Å². The van der Waals surface area contributed by atoms with Gasteiger partial charge in [-0.3, -0.25) is 0 Å². The Kier molecular flexibility index (Phi) is 4.70. The van der Waals surface area contributed by atoms with Crippen LogP contribution in [0.3, 0.4) is 0 Å². The van der Waals surface area contributed by atoms with E-state index in [9.17, 15) is 0 Å². The number of aromatic nitrogens is 4. The van der Waals surface area contributed by atoms with Crippen LogP contribution in [0.25, 0.3) is 5.69 Å². The van der Waals surface area contributed by atoms with Gasteiger partial charge in [-0.1, -0.05) is 6.92 Å². The lowest BCUT2D eigenvalue weighted by molar-refractivity contribution is 0.550. The Morgan fingerprint density at radius 2 is 1.95 bits per heavy atom. The number of aryl methyl sites for hydroxylation is 1. The molecular weight excluding hydrogens is 374 g/mol. The number of nitrogens with zero attached hydrogens (tertiary/aromatic N) is 4. The van der Waals surface area contributed by atoms with Crippen molar-refractivity contribution in [1.82, 2.24) is 25.5 Å². The van der Waals surface area contributed by atoms with Crippen LogP contribution in [0.2, 0.25) is 0 Å². The summed E-state index contributed by atoms with van der Waals surface area (Å²) in [6.45, 7) is 7.01. The van der Waals surface area contributed by atoms with E-state index in [0.717, 1.165) is 32.6 Å². The highest BCUT2D eigenvalue weighted by Gasteiger charge is 2.18. The second kappa shape index (κ2) is 6.11. The minimum absolute atomic E-state index is 0.0834. The van der Waals surface area contributed by atoms with Crippen LogP contribution in [0.4, 0.5) is 0 Å². The van der Waals surface area contributed by atoms with Crippen LogP contribution in [0.1, 0.15) is 31.3 Å². The van der Waals surface area contributed by atoms with Crippen LogP contribution in [0.5, 0.6) is 0 Å². The van der Waals surface area contributed by atoms with Crippen molar-refractivity contribution in [1.29, 1.82) is 0 Å². The van der Waals surface area contributed by atoms with Crippen LogP contribution in [-0.2, 0) is 0 Å². The second-order valence-electron chi connectivity index (χ2n) is 4.31. The van der Waals surface area contributed by atoms with Gasteiger partial charge in [0.1, 0.15) is 0 Å². The average molecular weight is 389 g/mol. The van der Waals surface area contributed by atoms with E-state index in [1.54, 1.807) is 4.68 Å². The van der Waals surface area contributed by atoms with Crippen molar-refractivity contribution in [3.8, 4) is 5.69 Å². The van der Waals surface area contributed by atoms with Gasteiger partial charge in [0, 0.05) is 8.95 Å². The van der Waals surface area contributed by atoms with Crippen molar-refractivity contribution in [3.63, 3.8) is 0 Å². The van der Waals surface area contributed by atoms with Crippen LogP contribution in [-0.4, -0.2) is 26.8 Å². The smallest absolute Gasteiger partial charge is 0.173 e. The van der Waals surface area contributed by atoms with Gasteiger partial charge in [-0.05, 0) is 80.4 Å². The SMILES string of the molecule is CCNC(C)c1nnnn1-c1c(Br)cc(C)cc1Br. The largest absolute Gasteiger partial charge is 0.308 e. The van der Waals surface area contributed by atoms with E-state index in [2.05, 4.69) is 59.6 Å². The van der Waals surface area contributed by atoms with E-state index < -0.39 is 0 Å². The molecular formula is C12H15Br2N5. The number of hydrogen-bond acceptors (Lipinski definition) is 4. The molecule has 7 heteroatoms. The molecule has 2 rings (SSSR count). The maximum absolute atomic E-state index is 4.11. The summed E-state index contributed by atoms with van der Waals surface area (Å²) in [5.41, 5.74) is 2.08. The van der Waals surface area contributed by atoms with E-state index in [0.29, 0.717) is 0 Å². The molecule has 0 radical (unpaired) electrons. The van der Waals surface area contributed by atoms with E-state index in [4.69, 9.17) is 0 Å². The lowest BCUT2D eigenvalue weighted by Crippen LogP contribution is -2.21. The first kappa shape index (κ1) is 14.6. The molecule has 0 fully saturated rings. The highest BCUT2D eigenvalue weighted by atomic mass is 79.9. The van der Waals surface area contributed by atoms with Gasteiger partial charge in [0.25, 0.3) is 0 Å². The third-order valence-corrected chi connectivity index (χ3v) is 3.97. The summed E-state index contributed by atoms with van der Waals surface area (Å²) >= 11 is 7.15. The quantitative estimate of drug-likeness (QED) is 0.873. The summed E-state index contributed by atoms with van der Waals surface area (Å²) in [6, 6.07) is 4.17. The van der Waals surface area contributed by atoms with Gasteiger partial charge < -0.3 is 5.32 Å². The van der Waals surface area contributed by atoms with Gasteiger partial charge in [-0.25, -0.2) is 0 Å². The van der Waals surface area contributed by atoms with Crippen LogP contribution in [0.15, 0.2) is 21.1 Å². The van der Waals surface area contributed by atoms with Crippen molar-refractivity contribution in [2.45, 2.75) is 26.8 Å². The molecule has 0 aliphatic heterocycles. The molecule has 19 heavy (non-hydrogen) atoms. The molecule has 0 amide bonds. The Hall–Kier alpha value is -0.790. The topological polar surface area (TPSA) is 55.6 Å². The Labute approximate surface area is 129 Å². The molecule has 1 heterocycles. The molecule has 1 N–H and O–H groups in total. The third kappa shape index (κ3) is 3.04. The number of halogens is 2. The number of rotatable bonds is 4. The summed E-state index contributed by atoms with van der Waals surface area (Å²) < 4.78 is 3.66. The fraction of sp³-hybridized carbons (Fsp3) is 0.417. The zero-order valence-corrected chi connectivity index (χ0v) is 14.2. The van der Waals surface area contributed by atoms with E-state index in [-0.39, 0.29) is 6.04 Å². The van der Waals surface area contributed by atoms with Gasteiger partial charge in [0.2, 0.25) is 0 Å². The molecule has 102 valence electrons. The molecule has 1 aromatic heterocycles. The molecule has 1 unspecified atom stereocenters. The number of benzene rings is 1. The van der Waals surface area contributed by atoms with Crippen molar-refractivity contribution >= 4 is 31.9 Å². The van der Waals surface area contributed by atoms with E-state index in [1.165, 1.54) is 0 Å². The van der Waals surface area contributed by atoms with Crippen molar-refractivity contribution in [2.75, 3.05) is 6.54 Å². The molecule has 0 saturated heterocycles. The molecule has 1 atom stereocenters. The Morgan fingerprint density at radius 3 is 2.53 bits per heavy atom. The lowest BCUT2D eigenvalue weighted by Gasteiger charge is -2.14. The summed E-state index contributed by atoms with van der Waals surface area (Å²) in [5.74, 6) is 0.784. The normalized spacial score (nSPS) is 12.7. The highest BCUT2D eigenvalue weighted by molar-refractivity contribution is 9.11. The maximum Gasteiger partial charge on any atom is 0.173 e. The summed E-state index contributed by atoms with van der Waals surface area (Å²) in [5, 5.41) is 15.3. The third-order valence-electron chi connectivity index (χ3n) is 2.76. The fourth-order valence-electron chi connectivity index (χ4n) is 1.92. The predicted molar refractivity (Wildman–Crippen MR) is 81.4 cm³/mol. The van der Waals surface area contributed by atoms with Gasteiger partial charge >= 0.3 is 0 Å². The number of nitrogens with one attached hydrogen (secondary N) is 1. The molecule has 1 aromatic carbocycles. The minimum atomic E-state index is 0.0834. The molecule has 0 aliphatic rings. The molecule has 0 aliphatic carbocycles. The molecule has 0 spiro atoms. The predicted octanol–water partition coefficient (Wildman–Crippen LogP) is 3.17. The van der Waals surface area contributed by atoms with Gasteiger partial charge in [-0.2, -0.15) is 4.68 Å². The fourth-order valence-corrected chi connectivity index (χ4v) is 3.67. The van der Waals surface area contributed by atoms with Crippen LogP contribution in [0, 0.1) is 6.92 Å². The zero-order valence-electron chi connectivity index (χ0n) is 11.0. The van der Waals surface area contributed by atoms with Crippen molar-refractivity contribution in [2.24, 2.45) is 0 Å². The van der Waals surface area contributed by atoms with E-state index >= 15 is 0 Å². The Balaban J connectivity index is 2.52. The average Bonchev–Trinajstić information content (AvgIpc) is 2.77. The van der Waals surface area contributed by atoms with Crippen molar-refractivity contribution < 1.29 is 0 Å². The summed E-state index contributed by atoms with van der Waals surface area (Å²) in [4.78, 5) is 0. The Morgan fingerprint density at radius 1 is 1.32 bits per heavy atom. The van der Waals surface area contributed by atoms with E-state index in [1.807, 2.05) is 26.0 Å². The van der Waals surface area contributed by atoms with Gasteiger partial charge in [-0.15, -0.1) is 5.10 Å². The first-order valence-electron chi connectivity index (χ1n) is 6.02. The first-order valence-corrected chi connectivity index (χ1v) is 7.60. The Bertz CT molecular complexity index is 558. The molecule has 0 bridgehead atoms. The molecule has 5 nitrogen and oxygen atoms in total. The standard InChI is InChI=1S/C12H15Br2N5/c1-4-15-8(3)12-16-17-18-19(12)11-9(13)5-7(2)6-10(11)14/h5-6,8,15H,4H2,1-3H3.